The number of carbonyl (C=O) groups excluding carboxylic acids is 3. The Hall–Kier alpha value is -2.11. The first-order valence-electron chi connectivity index (χ1n) is 8.56. The topological polar surface area (TPSA) is 78.9 Å². The second-order valence-electron chi connectivity index (χ2n) is 6.71. The smallest absolute Gasteiger partial charge is 0.327 e. The normalized spacial score (nSPS) is 27.7. The number of rotatable bonds is 5. The minimum absolute atomic E-state index is 0.0834. The summed E-state index contributed by atoms with van der Waals surface area (Å²) in [6, 6.07) is 0. The van der Waals surface area contributed by atoms with Crippen LogP contribution in [-0.2, 0) is 28.6 Å². The molecule has 4 atom stereocenters. The lowest BCUT2D eigenvalue weighted by molar-refractivity contribution is -0.170. The van der Waals surface area contributed by atoms with E-state index in [-0.39, 0.29) is 11.8 Å². The summed E-state index contributed by atoms with van der Waals surface area (Å²) in [5.74, 6) is -1.94. The number of allylic oxidation sites excluding steroid dienone is 2. The van der Waals surface area contributed by atoms with Crippen LogP contribution in [0, 0.1) is 23.2 Å². The van der Waals surface area contributed by atoms with Crippen molar-refractivity contribution in [1.29, 1.82) is 0 Å². The molecule has 6 nitrogen and oxygen atoms in total. The van der Waals surface area contributed by atoms with Crippen LogP contribution in [-0.4, -0.2) is 38.2 Å². The fourth-order valence-corrected chi connectivity index (χ4v) is 3.98. The monoisotopic (exact) mass is 350 g/mol. The Morgan fingerprint density at radius 3 is 2.28 bits per heavy atom. The Morgan fingerprint density at radius 2 is 1.80 bits per heavy atom. The van der Waals surface area contributed by atoms with Crippen molar-refractivity contribution in [3.05, 3.63) is 23.8 Å². The van der Waals surface area contributed by atoms with Gasteiger partial charge in [0, 0.05) is 18.8 Å². The van der Waals surface area contributed by atoms with E-state index < -0.39 is 35.3 Å². The molecule has 0 bridgehead atoms. The van der Waals surface area contributed by atoms with Crippen LogP contribution in [0.3, 0.4) is 0 Å². The quantitative estimate of drug-likeness (QED) is 0.328. The molecule has 0 saturated carbocycles. The average molecular weight is 350 g/mol. The molecule has 0 saturated heterocycles. The van der Waals surface area contributed by atoms with Crippen molar-refractivity contribution in [3.8, 4) is 0 Å². The highest BCUT2D eigenvalue weighted by atomic mass is 16.5. The van der Waals surface area contributed by atoms with E-state index in [2.05, 4.69) is 13.8 Å². The summed E-state index contributed by atoms with van der Waals surface area (Å²) >= 11 is 0. The molecule has 0 fully saturated rings. The third-order valence-corrected chi connectivity index (χ3v) is 5.36. The van der Waals surface area contributed by atoms with Crippen LogP contribution >= 0.6 is 0 Å². The Kier molecular flexibility index (Phi) is 5.70. The molecular weight excluding hydrogens is 324 g/mol. The first-order valence-corrected chi connectivity index (χ1v) is 8.56. The lowest BCUT2D eigenvalue weighted by Crippen LogP contribution is -2.47. The minimum atomic E-state index is -1.50. The maximum Gasteiger partial charge on any atom is 0.327 e. The SMILES string of the molecule is CCC(C)C1=CC(C(=O)OC)(C(=O)OC)[C@@H]2C[C@@H](OC(C)=O)C=C[C@H]12. The number of carbonyl (C=O) groups is 3. The van der Waals surface area contributed by atoms with Crippen molar-refractivity contribution in [2.45, 2.75) is 39.7 Å². The van der Waals surface area contributed by atoms with Crippen LogP contribution in [0.2, 0.25) is 0 Å². The Morgan fingerprint density at radius 1 is 1.20 bits per heavy atom. The zero-order valence-electron chi connectivity index (χ0n) is 15.4. The van der Waals surface area contributed by atoms with Gasteiger partial charge in [0.05, 0.1) is 14.2 Å². The van der Waals surface area contributed by atoms with Gasteiger partial charge in [0.2, 0.25) is 0 Å². The molecule has 2 aliphatic rings. The fourth-order valence-electron chi connectivity index (χ4n) is 3.98. The van der Waals surface area contributed by atoms with Crippen LogP contribution in [0.15, 0.2) is 23.8 Å². The largest absolute Gasteiger partial charge is 0.468 e. The third-order valence-electron chi connectivity index (χ3n) is 5.36. The van der Waals surface area contributed by atoms with Crippen molar-refractivity contribution in [1.82, 2.24) is 0 Å². The number of esters is 3. The predicted octanol–water partition coefficient (Wildman–Crippen LogP) is 2.43. The van der Waals surface area contributed by atoms with Crippen LogP contribution < -0.4 is 0 Å². The molecule has 0 heterocycles. The van der Waals surface area contributed by atoms with E-state index in [4.69, 9.17) is 14.2 Å². The van der Waals surface area contributed by atoms with E-state index in [1.165, 1.54) is 21.1 Å². The zero-order chi connectivity index (χ0) is 18.8. The summed E-state index contributed by atoms with van der Waals surface area (Å²) in [7, 11) is 2.53. The zero-order valence-corrected chi connectivity index (χ0v) is 15.4. The second kappa shape index (κ2) is 7.42. The van der Waals surface area contributed by atoms with Crippen molar-refractivity contribution in [2.75, 3.05) is 14.2 Å². The highest BCUT2D eigenvalue weighted by Crippen LogP contribution is 2.54. The maximum absolute atomic E-state index is 12.7. The van der Waals surface area contributed by atoms with Gasteiger partial charge in [0.15, 0.2) is 5.41 Å². The lowest BCUT2D eigenvalue weighted by atomic mass is 9.68. The standard InChI is InChI=1S/C19H26O6/c1-6-11(2)15-10-19(17(21)23-4,18(22)24-5)16-9-13(25-12(3)20)7-8-14(15)16/h7-8,10-11,13-14,16H,6,9H2,1-5H3/t11?,13-,14+,16+/m0/s1. The molecule has 0 aromatic carbocycles. The Labute approximate surface area is 148 Å². The minimum Gasteiger partial charge on any atom is -0.468 e. The van der Waals surface area contributed by atoms with Crippen molar-refractivity contribution < 1.29 is 28.6 Å². The summed E-state index contributed by atoms with van der Waals surface area (Å²) < 4.78 is 15.2. The van der Waals surface area contributed by atoms with E-state index in [1.54, 1.807) is 6.08 Å². The van der Waals surface area contributed by atoms with E-state index >= 15 is 0 Å². The summed E-state index contributed by atoms with van der Waals surface area (Å²) in [6.45, 7) is 5.47. The molecule has 0 aliphatic heterocycles. The molecule has 6 heteroatoms. The molecule has 0 aromatic rings. The molecule has 25 heavy (non-hydrogen) atoms. The van der Waals surface area contributed by atoms with Crippen LogP contribution in [0.5, 0.6) is 0 Å². The molecule has 138 valence electrons. The van der Waals surface area contributed by atoms with E-state index in [1.807, 2.05) is 12.2 Å². The molecule has 0 N–H and O–H groups in total. The number of ether oxygens (including phenoxy) is 3. The number of hydrogen-bond acceptors (Lipinski definition) is 6. The highest BCUT2D eigenvalue weighted by Gasteiger charge is 2.61. The number of hydrogen-bond donors (Lipinski definition) is 0. The summed E-state index contributed by atoms with van der Waals surface area (Å²) in [6.07, 6.45) is 6.28. The van der Waals surface area contributed by atoms with Gasteiger partial charge in [-0.05, 0) is 24.8 Å². The fraction of sp³-hybridized carbons (Fsp3) is 0.632. The summed E-state index contributed by atoms with van der Waals surface area (Å²) in [4.78, 5) is 36.7. The molecular formula is C19H26O6. The van der Waals surface area contributed by atoms with Gasteiger partial charge in [-0.3, -0.25) is 14.4 Å². The molecule has 0 spiro atoms. The van der Waals surface area contributed by atoms with Crippen molar-refractivity contribution >= 4 is 17.9 Å². The molecule has 0 aromatic heterocycles. The second-order valence-corrected chi connectivity index (χ2v) is 6.71. The molecule has 0 amide bonds. The van der Waals surface area contributed by atoms with Gasteiger partial charge >= 0.3 is 17.9 Å². The van der Waals surface area contributed by atoms with E-state index in [0.717, 1.165) is 12.0 Å². The van der Waals surface area contributed by atoms with Crippen LogP contribution in [0.1, 0.15) is 33.6 Å². The molecule has 2 rings (SSSR count). The average Bonchev–Trinajstić information content (AvgIpc) is 2.94. The first kappa shape index (κ1) is 19.2. The molecule has 1 unspecified atom stereocenters. The highest BCUT2D eigenvalue weighted by molar-refractivity contribution is 6.03. The first-order chi connectivity index (χ1) is 11.8. The van der Waals surface area contributed by atoms with Crippen LogP contribution in [0.4, 0.5) is 0 Å². The lowest BCUT2D eigenvalue weighted by Gasteiger charge is -2.36. The number of fused-ring (bicyclic) bond motifs is 1. The number of methoxy groups -OCH3 is 2. The van der Waals surface area contributed by atoms with Gasteiger partial charge < -0.3 is 14.2 Å². The summed E-state index contributed by atoms with van der Waals surface area (Å²) in [5, 5.41) is 0. The van der Waals surface area contributed by atoms with Gasteiger partial charge in [-0.15, -0.1) is 0 Å². The van der Waals surface area contributed by atoms with Crippen LogP contribution in [0.25, 0.3) is 0 Å². The van der Waals surface area contributed by atoms with Gasteiger partial charge in [0.25, 0.3) is 0 Å². The third kappa shape index (κ3) is 3.22. The molecule has 0 radical (unpaired) electrons. The maximum atomic E-state index is 12.7. The van der Waals surface area contributed by atoms with Gasteiger partial charge in [-0.25, -0.2) is 0 Å². The van der Waals surface area contributed by atoms with Gasteiger partial charge in [-0.1, -0.05) is 31.6 Å². The van der Waals surface area contributed by atoms with E-state index in [0.29, 0.717) is 6.42 Å². The Bertz CT molecular complexity index is 601. The molecule has 2 aliphatic carbocycles. The van der Waals surface area contributed by atoms with Crippen molar-refractivity contribution in [2.24, 2.45) is 23.2 Å². The Balaban J connectivity index is 2.54. The van der Waals surface area contributed by atoms with Crippen molar-refractivity contribution in [3.63, 3.8) is 0 Å². The summed E-state index contributed by atoms with van der Waals surface area (Å²) in [5.41, 5.74) is -0.475. The van der Waals surface area contributed by atoms with Gasteiger partial charge in [0.1, 0.15) is 6.10 Å². The van der Waals surface area contributed by atoms with Gasteiger partial charge in [-0.2, -0.15) is 0 Å². The van der Waals surface area contributed by atoms with E-state index in [9.17, 15) is 14.4 Å². The predicted molar refractivity (Wildman–Crippen MR) is 90.3 cm³/mol.